The Morgan fingerprint density at radius 3 is 2.65 bits per heavy atom. The molecule has 0 amide bonds. The number of piperidine rings is 1. The first kappa shape index (κ1) is 18.8. The van der Waals surface area contributed by atoms with Gasteiger partial charge in [-0.2, -0.15) is 0 Å². The molecule has 2 atom stereocenters. The summed E-state index contributed by atoms with van der Waals surface area (Å²) in [4.78, 5) is 24.2. The number of rotatable bonds is 3. The summed E-state index contributed by atoms with van der Waals surface area (Å²) in [5.41, 5.74) is 10.8. The Morgan fingerprint density at radius 1 is 1.06 bits per heavy atom. The highest BCUT2D eigenvalue weighted by Crippen LogP contribution is 2.40. The second-order valence-corrected chi connectivity index (χ2v) is 8.74. The third kappa shape index (κ3) is 2.93. The fourth-order valence-corrected chi connectivity index (χ4v) is 5.45. The number of anilines is 1. The van der Waals surface area contributed by atoms with E-state index in [0.717, 1.165) is 41.0 Å². The molecule has 2 fully saturated rings. The number of H-pyrrole nitrogens is 1. The number of nitrogens with two attached hydrogens (primary N) is 1. The van der Waals surface area contributed by atoms with Crippen LogP contribution < -0.4 is 15.4 Å². The summed E-state index contributed by atoms with van der Waals surface area (Å²) in [7, 11) is 1.56. The normalized spacial score (nSPS) is 23.1. The van der Waals surface area contributed by atoms with E-state index in [9.17, 15) is 0 Å². The number of aromatic nitrogens is 5. The van der Waals surface area contributed by atoms with Crippen molar-refractivity contribution < 1.29 is 4.74 Å². The second kappa shape index (κ2) is 7.03. The molecule has 2 aliphatic heterocycles. The van der Waals surface area contributed by atoms with Gasteiger partial charge in [0.15, 0.2) is 5.65 Å². The van der Waals surface area contributed by atoms with Crippen LogP contribution in [0.5, 0.6) is 5.88 Å². The smallest absolute Gasteiger partial charge is 0.232 e. The van der Waals surface area contributed by atoms with Gasteiger partial charge in [0, 0.05) is 35.4 Å². The maximum absolute atomic E-state index is 6.74. The highest BCUT2D eigenvalue weighted by Gasteiger charge is 2.40. The minimum atomic E-state index is 0.291. The molecule has 3 aromatic heterocycles. The number of benzene rings is 1. The Kier molecular flexibility index (Phi) is 4.26. The van der Waals surface area contributed by atoms with Crippen LogP contribution in [0.25, 0.3) is 33.3 Å². The third-order valence-corrected chi connectivity index (χ3v) is 6.92. The quantitative estimate of drug-likeness (QED) is 0.505. The summed E-state index contributed by atoms with van der Waals surface area (Å²) in [6.07, 6.45) is 9.73. The fraction of sp³-hybridized carbons (Fsp3) is 0.364. The molecule has 8 nitrogen and oxygen atoms in total. The molecule has 2 aliphatic rings. The lowest BCUT2D eigenvalue weighted by molar-refractivity contribution is 0.397. The van der Waals surface area contributed by atoms with Crippen molar-refractivity contribution in [1.82, 2.24) is 24.9 Å². The van der Waals surface area contributed by atoms with E-state index in [4.69, 9.17) is 32.0 Å². The van der Waals surface area contributed by atoms with E-state index < -0.39 is 0 Å². The van der Waals surface area contributed by atoms with Crippen molar-refractivity contribution in [1.29, 1.82) is 0 Å². The van der Waals surface area contributed by atoms with Crippen LogP contribution in [-0.2, 0) is 0 Å². The number of ether oxygens (including phenoxy) is 1. The average molecular weight is 436 g/mol. The predicted octanol–water partition coefficient (Wildman–Crippen LogP) is 3.69. The molecule has 3 N–H and O–H groups in total. The summed E-state index contributed by atoms with van der Waals surface area (Å²) in [6.45, 7) is 0. The van der Waals surface area contributed by atoms with Gasteiger partial charge in [0.1, 0.15) is 16.9 Å². The lowest BCUT2D eigenvalue weighted by Crippen LogP contribution is -2.47. The Hall–Kier alpha value is -2.97. The molecule has 0 spiro atoms. The van der Waals surface area contributed by atoms with E-state index in [1.165, 1.54) is 12.8 Å². The molecule has 31 heavy (non-hydrogen) atoms. The highest BCUT2D eigenvalue weighted by atomic mass is 35.5. The van der Waals surface area contributed by atoms with E-state index >= 15 is 0 Å². The van der Waals surface area contributed by atoms with E-state index in [2.05, 4.69) is 19.9 Å². The van der Waals surface area contributed by atoms with Gasteiger partial charge in [-0.25, -0.2) is 19.9 Å². The lowest BCUT2D eigenvalue weighted by atomic mass is 9.98. The van der Waals surface area contributed by atoms with E-state index in [1.807, 2.05) is 24.5 Å². The summed E-state index contributed by atoms with van der Waals surface area (Å²) < 4.78 is 5.20. The number of aromatic amines is 1. The largest absolute Gasteiger partial charge is 0.480 e. The molecule has 0 radical (unpaired) electrons. The van der Waals surface area contributed by atoms with Gasteiger partial charge >= 0.3 is 0 Å². The Morgan fingerprint density at radius 2 is 1.87 bits per heavy atom. The molecule has 0 saturated carbocycles. The fourth-order valence-electron chi connectivity index (χ4n) is 5.14. The second-order valence-electron chi connectivity index (χ2n) is 8.36. The number of fused-ring (bicyclic) bond motifs is 4. The van der Waals surface area contributed by atoms with Gasteiger partial charge in [-0.1, -0.05) is 17.7 Å². The molecule has 2 bridgehead atoms. The van der Waals surface area contributed by atoms with Gasteiger partial charge in [0.05, 0.1) is 30.0 Å². The first-order valence-corrected chi connectivity index (χ1v) is 10.9. The first-order chi connectivity index (χ1) is 15.1. The molecule has 6 rings (SSSR count). The van der Waals surface area contributed by atoms with Gasteiger partial charge in [-0.15, -0.1) is 0 Å². The minimum Gasteiger partial charge on any atom is -0.480 e. The standard InChI is InChI=1S/C22H22ClN7O/c1-31-18-10-25-16-5-4-14(19(23)21(16)29-18)15-8-27-22-20(15)26-9-17(28-22)30-12-2-3-13(30)7-11(24)6-12/h4-5,8-13H,2-3,6-7,24H2,1H3,(H,27,28). The number of methoxy groups -OCH3 is 1. The lowest BCUT2D eigenvalue weighted by Gasteiger charge is -2.38. The minimum absolute atomic E-state index is 0.291. The van der Waals surface area contributed by atoms with Gasteiger partial charge in [0.2, 0.25) is 5.88 Å². The summed E-state index contributed by atoms with van der Waals surface area (Å²) in [5, 5.41) is 0.513. The molecule has 9 heteroatoms. The van der Waals surface area contributed by atoms with Crippen LogP contribution in [0.4, 0.5) is 5.82 Å². The van der Waals surface area contributed by atoms with Crippen LogP contribution in [0.1, 0.15) is 25.7 Å². The number of halogens is 1. The molecule has 0 aliphatic carbocycles. The zero-order valence-corrected chi connectivity index (χ0v) is 17.8. The molecule has 4 aromatic rings. The summed E-state index contributed by atoms with van der Waals surface area (Å²) in [5.74, 6) is 1.34. The van der Waals surface area contributed by atoms with Crippen molar-refractivity contribution in [3.8, 4) is 17.0 Å². The van der Waals surface area contributed by atoms with Crippen LogP contribution in [0, 0.1) is 0 Å². The van der Waals surface area contributed by atoms with E-state index in [0.29, 0.717) is 40.1 Å². The van der Waals surface area contributed by atoms with Crippen molar-refractivity contribution in [3.63, 3.8) is 0 Å². The topological polar surface area (TPSA) is 106 Å². The Labute approximate surface area is 183 Å². The predicted molar refractivity (Wildman–Crippen MR) is 120 cm³/mol. The molecule has 1 aromatic carbocycles. The number of nitrogens with one attached hydrogen (secondary N) is 1. The average Bonchev–Trinajstić information content (AvgIpc) is 3.32. The highest BCUT2D eigenvalue weighted by molar-refractivity contribution is 6.38. The van der Waals surface area contributed by atoms with Gasteiger partial charge < -0.3 is 20.4 Å². The van der Waals surface area contributed by atoms with Gasteiger partial charge in [-0.3, -0.25) is 0 Å². The van der Waals surface area contributed by atoms with Gasteiger partial charge in [-0.05, 0) is 31.7 Å². The molecule has 2 unspecified atom stereocenters. The van der Waals surface area contributed by atoms with Crippen LogP contribution in [0.3, 0.4) is 0 Å². The van der Waals surface area contributed by atoms with E-state index in [1.54, 1.807) is 13.3 Å². The Bertz CT molecular complexity index is 1290. The zero-order chi connectivity index (χ0) is 21.1. The van der Waals surface area contributed by atoms with Crippen LogP contribution >= 0.6 is 11.6 Å². The molecule has 158 valence electrons. The molecular weight excluding hydrogens is 414 g/mol. The van der Waals surface area contributed by atoms with Crippen molar-refractivity contribution in [2.45, 2.75) is 43.8 Å². The van der Waals surface area contributed by atoms with E-state index in [-0.39, 0.29) is 0 Å². The molecule has 5 heterocycles. The van der Waals surface area contributed by atoms with Crippen LogP contribution in [0.2, 0.25) is 5.02 Å². The van der Waals surface area contributed by atoms with Crippen LogP contribution in [-0.4, -0.2) is 50.2 Å². The monoisotopic (exact) mass is 435 g/mol. The number of hydrogen-bond donors (Lipinski definition) is 2. The third-order valence-electron chi connectivity index (χ3n) is 6.53. The Balaban J connectivity index is 1.42. The zero-order valence-electron chi connectivity index (χ0n) is 17.0. The van der Waals surface area contributed by atoms with Gasteiger partial charge in [0.25, 0.3) is 0 Å². The number of nitrogens with zero attached hydrogens (tertiary/aromatic N) is 5. The molecular formula is C22H22ClN7O. The molecule has 2 saturated heterocycles. The summed E-state index contributed by atoms with van der Waals surface area (Å²) in [6, 6.07) is 5.05. The SMILES string of the molecule is COc1cnc2ccc(-c3c[nH]c4nc(N5C6CCC5CC(N)C6)cnc34)c(Cl)c2n1. The van der Waals surface area contributed by atoms with Crippen LogP contribution in [0.15, 0.2) is 30.7 Å². The maximum Gasteiger partial charge on any atom is 0.232 e. The summed E-state index contributed by atoms with van der Waals surface area (Å²) >= 11 is 6.74. The van der Waals surface area contributed by atoms with Crippen molar-refractivity contribution in [2.75, 3.05) is 12.0 Å². The van der Waals surface area contributed by atoms with Crippen molar-refractivity contribution in [3.05, 3.63) is 35.7 Å². The number of hydrogen-bond acceptors (Lipinski definition) is 7. The van der Waals surface area contributed by atoms with Crippen molar-refractivity contribution in [2.24, 2.45) is 5.73 Å². The first-order valence-electron chi connectivity index (χ1n) is 10.5. The van der Waals surface area contributed by atoms with Crippen molar-refractivity contribution >= 4 is 39.6 Å². The maximum atomic E-state index is 6.74.